The smallest absolute Gasteiger partial charge is 0.303 e. The molecule has 3 aliphatic heterocycles. The summed E-state index contributed by atoms with van der Waals surface area (Å²) in [4.78, 5) is 35.1. The molecule has 0 spiro atoms. The Kier molecular flexibility index (Phi) is 7.24. The Hall–Kier alpha value is -2.41. The Balaban J connectivity index is 1.27. The largest absolute Gasteiger partial charge is 0.481 e. The summed E-state index contributed by atoms with van der Waals surface area (Å²) in [6.45, 7) is 1.40. The van der Waals surface area contributed by atoms with E-state index in [1.807, 2.05) is 18.2 Å². The van der Waals surface area contributed by atoms with Gasteiger partial charge in [-0.15, -0.1) is 0 Å². The summed E-state index contributed by atoms with van der Waals surface area (Å²) in [6.07, 6.45) is 16.0. The van der Waals surface area contributed by atoms with Crippen LogP contribution in [0.2, 0.25) is 0 Å². The fraction of sp³-hybridized carbons (Fsp3) is 0.700. The molecular formula is C30H42N4O3. The minimum Gasteiger partial charge on any atom is -0.481 e. The van der Waals surface area contributed by atoms with Gasteiger partial charge in [0.15, 0.2) is 5.82 Å². The number of carboxylic acids is 1. The SMILES string of the molecule is O=C(O)CC1CCN(c2nc3ccccc3n(C3CC4CCC(C3)N4C3CCCCCCC3)c2=O)CC1. The van der Waals surface area contributed by atoms with Gasteiger partial charge in [-0.3, -0.25) is 14.5 Å². The van der Waals surface area contributed by atoms with Gasteiger partial charge in [0.05, 0.1) is 11.0 Å². The van der Waals surface area contributed by atoms with Gasteiger partial charge in [0, 0.05) is 43.7 Å². The van der Waals surface area contributed by atoms with E-state index in [-0.39, 0.29) is 23.9 Å². The molecule has 4 fully saturated rings. The number of rotatable bonds is 5. The van der Waals surface area contributed by atoms with Gasteiger partial charge in [0.25, 0.3) is 5.56 Å². The fourth-order valence-corrected chi connectivity index (χ4v) is 8.03. The van der Waals surface area contributed by atoms with Crippen molar-refractivity contribution in [1.29, 1.82) is 0 Å². The maximum Gasteiger partial charge on any atom is 0.303 e. The van der Waals surface area contributed by atoms with Gasteiger partial charge in [0.1, 0.15) is 0 Å². The lowest BCUT2D eigenvalue weighted by atomic mass is 9.89. The maximum atomic E-state index is 14.1. The number of para-hydroxylation sites is 2. The third kappa shape index (κ3) is 5.04. The molecule has 2 unspecified atom stereocenters. The van der Waals surface area contributed by atoms with E-state index >= 15 is 0 Å². The van der Waals surface area contributed by atoms with Crippen molar-refractivity contribution in [2.45, 2.75) is 114 Å². The normalized spacial score (nSPS) is 28.3. The molecule has 4 heterocycles. The molecule has 7 heteroatoms. The molecule has 1 aromatic heterocycles. The molecular weight excluding hydrogens is 464 g/mol. The molecule has 6 rings (SSSR count). The zero-order valence-electron chi connectivity index (χ0n) is 22.1. The molecule has 2 bridgehead atoms. The molecule has 1 aliphatic carbocycles. The molecule has 3 saturated heterocycles. The first kappa shape index (κ1) is 24.9. The van der Waals surface area contributed by atoms with Crippen LogP contribution in [0.5, 0.6) is 0 Å². The second-order valence-electron chi connectivity index (χ2n) is 12.1. The van der Waals surface area contributed by atoms with Crippen LogP contribution in [0, 0.1) is 5.92 Å². The molecule has 37 heavy (non-hydrogen) atoms. The van der Waals surface area contributed by atoms with E-state index in [2.05, 4.69) is 20.4 Å². The summed E-state index contributed by atoms with van der Waals surface area (Å²) in [6, 6.07) is 10.2. The number of anilines is 1. The highest BCUT2D eigenvalue weighted by molar-refractivity contribution is 5.76. The zero-order valence-corrected chi connectivity index (χ0v) is 22.1. The summed E-state index contributed by atoms with van der Waals surface area (Å²) in [7, 11) is 0. The van der Waals surface area contributed by atoms with Crippen LogP contribution in [-0.4, -0.2) is 56.7 Å². The number of nitrogens with zero attached hydrogens (tertiary/aromatic N) is 4. The first-order chi connectivity index (χ1) is 18.1. The lowest BCUT2D eigenvalue weighted by molar-refractivity contribution is -0.138. The number of hydrogen-bond donors (Lipinski definition) is 1. The third-order valence-corrected chi connectivity index (χ3v) is 9.78. The molecule has 0 radical (unpaired) electrons. The highest BCUT2D eigenvalue weighted by Gasteiger charge is 2.44. The summed E-state index contributed by atoms with van der Waals surface area (Å²) in [5.41, 5.74) is 1.89. The molecule has 7 nitrogen and oxygen atoms in total. The Labute approximate surface area is 219 Å². The standard InChI is InChI=1S/C30H42N4O3/c35-28(36)18-21-14-16-32(17-15-21)29-30(37)34(27-11-7-6-10-26(27)31-29)25-19-23-12-13-24(20-25)33(23)22-8-4-2-1-3-5-9-22/h6-7,10-11,21-25H,1-5,8-9,12-20H2,(H,35,36). The number of aliphatic carboxylic acids is 1. The van der Waals surface area contributed by atoms with E-state index in [1.165, 1.54) is 57.8 Å². The summed E-state index contributed by atoms with van der Waals surface area (Å²) in [5.74, 6) is 0.0111. The fourth-order valence-electron chi connectivity index (χ4n) is 8.03. The molecule has 2 atom stereocenters. The number of carboxylic acid groups (broad SMARTS) is 1. The van der Waals surface area contributed by atoms with E-state index in [1.54, 1.807) is 0 Å². The van der Waals surface area contributed by atoms with Gasteiger partial charge >= 0.3 is 5.97 Å². The van der Waals surface area contributed by atoms with Crippen LogP contribution in [0.4, 0.5) is 5.82 Å². The molecule has 4 aliphatic rings. The van der Waals surface area contributed by atoms with Crippen LogP contribution in [0.25, 0.3) is 11.0 Å². The average molecular weight is 507 g/mol. The highest BCUT2D eigenvalue weighted by Crippen LogP contribution is 2.44. The van der Waals surface area contributed by atoms with Gasteiger partial charge in [-0.1, -0.05) is 44.2 Å². The maximum absolute atomic E-state index is 14.1. The molecule has 1 N–H and O–H groups in total. The second-order valence-corrected chi connectivity index (χ2v) is 12.1. The predicted octanol–water partition coefficient (Wildman–Crippen LogP) is 5.37. The van der Waals surface area contributed by atoms with Gasteiger partial charge in [0.2, 0.25) is 0 Å². The van der Waals surface area contributed by atoms with Gasteiger partial charge in [-0.05, 0) is 69.4 Å². The topological polar surface area (TPSA) is 78.7 Å². The highest BCUT2D eigenvalue weighted by atomic mass is 16.4. The van der Waals surface area contributed by atoms with Crippen LogP contribution in [-0.2, 0) is 4.79 Å². The van der Waals surface area contributed by atoms with Crippen molar-refractivity contribution in [2.24, 2.45) is 5.92 Å². The van der Waals surface area contributed by atoms with E-state index in [0.29, 0.717) is 31.0 Å². The average Bonchev–Trinajstić information content (AvgIpc) is 3.12. The Bertz CT molecular complexity index is 1150. The Morgan fingerprint density at radius 3 is 2.16 bits per heavy atom. The number of benzene rings is 1. The van der Waals surface area contributed by atoms with Crippen molar-refractivity contribution in [3.63, 3.8) is 0 Å². The van der Waals surface area contributed by atoms with Crippen molar-refractivity contribution in [3.05, 3.63) is 34.6 Å². The summed E-state index contributed by atoms with van der Waals surface area (Å²) in [5, 5.41) is 9.19. The van der Waals surface area contributed by atoms with Crippen molar-refractivity contribution in [3.8, 4) is 0 Å². The number of fused-ring (bicyclic) bond motifs is 3. The summed E-state index contributed by atoms with van der Waals surface area (Å²) < 4.78 is 2.10. The first-order valence-corrected chi connectivity index (χ1v) is 14.8. The van der Waals surface area contributed by atoms with Crippen molar-refractivity contribution >= 4 is 22.8 Å². The van der Waals surface area contributed by atoms with Gasteiger partial charge in [-0.2, -0.15) is 0 Å². The Morgan fingerprint density at radius 1 is 0.838 bits per heavy atom. The van der Waals surface area contributed by atoms with Gasteiger partial charge < -0.3 is 14.6 Å². The van der Waals surface area contributed by atoms with Crippen LogP contribution in [0.3, 0.4) is 0 Å². The number of hydrogen-bond acceptors (Lipinski definition) is 5. The third-order valence-electron chi connectivity index (χ3n) is 9.78. The molecule has 200 valence electrons. The van der Waals surface area contributed by atoms with E-state index in [9.17, 15) is 14.7 Å². The lowest BCUT2D eigenvalue weighted by Crippen LogP contribution is -2.50. The molecule has 1 aromatic carbocycles. The minimum atomic E-state index is -0.731. The minimum absolute atomic E-state index is 0.0409. The predicted molar refractivity (Wildman–Crippen MR) is 146 cm³/mol. The Morgan fingerprint density at radius 2 is 1.49 bits per heavy atom. The molecule has 2 aromatic rings. The van der Waals surface area contributed by atoms with E-state index in [0.717, 1.165) is 42.8 Å². The zero-order chi connectivity index (χ0) is 25.4. The van der Waals surface area contributed by atoms with Crippen molar-refractivity contribution in [1.82, 2.24) is 14.5 Å². The van der Waals surface area contributed by atoms with Gasteiger partial charge in [-0.25, -0.2) is 4.98 Å². The lowest BCUT2D eigenvalue weighted by Gasteiger charge is -2.45. The monoisotopic (exact) mass is 506 g/mol. The van der Waals surface area contributed by atoms with Crippen LogP contribution >= 0.6 is 0 Å². The van der Waals surface area contributed by atoms with Crippen molar-refractivity contribution in [2.75, 3.05) is 18.0 Å². The quantitative estimate of drug-likeness (QED) is 0.588. The number of aromatic nitrogens is 2. The molecule has 0 amide bonds. The number of piperidine rings is 2. The summed E-state index contributed by atoms with van der Waals surface area (Å²) >= 11 is 0. The second kappa shape index (κ2) is 10.8. The molecule has 1 saturated carbocycles. The van der Waals surface area contributed by atoms with Crippen LogP contribution in [0.1, 0.15) is 95.9 Å². The van der Waals surface area contributed by atoms with Crippen LogP contribution in [0.15, 0.2) is 29.1 Å². The number of carbonyl (C=O) groups is 1. The van der Waals surface area contributed by atoms with Crippen LogP contribution < -0.4 is 10.5 Å². The van der Waals surface area contributed by atoms with E-state index in [4.69, 9.17) is 4.98 Å². The first-order valence-electron chi connectivity index (χ1n) is 14.8. The van der Waals surface area contributed by atoms with Crippen molar-refractivity contribution < 1.29 is 9.90 Å². The van der Waals surface area contributed by atoms with E-state index < -0.39 is 5.97 Å².